The van der Waals surface area contributed by atoms with E-state index in [9.17, 15) is 13.2 Å². The second-order valence-corrected chi connectivity index (χ2v) is 10.2. The fraction of sp³-hybridized carbons (Fsp3) is 0.333. The zero-order valence-electron chi connectivity index (χ0n) is 17.8. The van der Waals surface area contributed by atoms with Crippen molar-refractivity contribution in [3.8, 4) is 0 Å². The molecule has 2 aromatic heterocycles. The molecule has 0 aliphatic carbocycles. The maximum Gasteiger partial charge on any atom is 0.291 e. The number of carbonyl (C=O) groups is 1. The van der Waals surface area contributed by atoms with Gasteiger partial charge in [-0.1, -0.05) is 17.8 Å². The fourth-order valence-electron chi connectivity index (χ4n) is 3.28. The number of sulfonamides is 1. The number of nitrogens with one attached hydrogen (secondary N) is 1. The van der Waals surface area contributed by atoms with Crippen LogP contribution in [0, 0.1) is 6.92 Å². The minimum atomic E-state index is -3.68. The molecule has 0 bridgehead atoms. The molecule has 11 heteroatoms. The lowest BCUT2D eigenvalue weighted by atomic mass is 10.2. The first-order chi connectivity index (χ1) is 15.3. The van der Waals surface area contributed by atoms with E-state index >= 15 is 0 Å². The number of ether oxygens (including phenoxy) is 1. The summed E-state index contributed by atoms with van der Waals surface area (Å²) in [7, 11) is -1.77. The quantitative estimate of drug-likeness (QED) is 0.523. The number of thioether (sulfide) groups is 1. The van der Waals surface area contributed by atoms with Crippen LogP contribution < -0.4 is 5.32 Å². The third-order valence-electron chi connectivity index (χ3n) is 5.04. The number of hydrogen-bond donors (Lipinski definition) is 1. The molecule has 9 nitrogen and oxygen atoms in total. The number of nitrogens with zero attached hydrogens (tertiary/aromatic N) is 3. The lowest BCUT2D eigenvalue weighted by Crippen LogP contribution is -2.40. The molecule has 4 rings (SSSR count). The van der Waals surface area contributed by atoms with Gasteiger partial charge in [0.05, 0.1) is 23.9 Å². The van der Waals surface area contributed by atoms with Crippen LogP contribution in [0.4, 0.5) is 5.69 Å². The first kappa shape index (κ1) is 22.6. The number of benzene rings is 1. The van der Waals surface area contributed by atoms with Crippen LogP contribution in [0.1, 0.15) is 21.9 Å². The number of furan rings is 1. The van der Waals surface area contributed by atoms with E-state index in [0.717, 1.165) is 5.16 Å². The van der Waals surface area contributed by atoms with Gasteiger partial charge in [-0.2, -0.15) is 4.31 Å². The van der Waals surface area contributed by atoms with Gasteiger partial charge in [0.25, 0.3) is 5.91 Å². The Kier molecular flexibility index (Phi) is 6.70. The van der Waals surface area contributed by atoms with Crippen LogP contribution in [0.3, 0.4) is 0 Å². The molecule has 0 atom stereocenters. The Labute approximate surface area is 190 Å². The Balaban J connectivity index is 1.45. The largest absolute Gasteiger partial charge is 0.455 e. The van der Waals surface area contributed by atoms with Gasteiger partial charge in [-0.15, -0.1) is 0 Å². The normalized spacial score (nSPS) is 15.1. The summed E-state index contributed by atoms with van der Waals surface area (Å²) in [4.78, 5) is 17.1. The summed E-state index contributed by atoms with van der Waals surface area (Å²) in [5, 5.41) is 3.58. The highest BCUT2D eigenvalue weighted by molar-refractivity contribution is 7.98. The Hall–Kier alpha value is -2.60. The van der Waals surface area contributed by atoms with Crippen molar-refractivity contribution in [1.29, 1.82) is 0 Å². The molecular formula is C21H24N4O5S2. The predicted octanol–water partition coefficient (Wildman–Crippen LogP) is 2.89. The van der Waals surface area contributed by atoms with E-state index in [-0.39, 0.29) is 10.7 Å². The van der Waals surface area contributed by atoms with E-state index in [1.807, 2.05) is 17.8 Å². The summed E-state index contributed by atoms with van der Waals surface area (Å²) in [6, 6.07) is 8.18. The molecule has 170 valence electrons. The maximum absolute atomic E-state index is 13.0. The SMILES string of the molecule is Cc1ccc(NC(=O)c2ccc(CSc3nccn3C)o2)cc1S(=O)(=O)N1CCOCC1. The molecule has 0 unspecified atom stereocenters. The van der Waals surface area contributed by atoms with E-state index in [4.69, 9.17) is 9.15 Å². The fourth-order valence-corrected chi connectivity index (χ4v) is 5.76. The predicted molar refractivity (Wildman–Crippen MR) is 120 cm³/mol. The van der Waals surface area contributed by atoms with Gasteiger partial charge in [0.1, 0.15) is 5.76 Å². The van der Waals surface area contributed by atoms with Crippen molar-refractivity contribution in [1.82, 2.24) is 13.9 Å². The van der Waals surface area contributed by atoms with Gasteiger partial charge in [0.15, 0.2) is 10.9 Å². The molecule has 1 amide bonds. The van der Waals surface area contributed by atoms with Gasteiger partial charge in [-0.3, -0.25) is 4.79 Å². The number of aromatic nitrogens is 2. The molecule has 1 N–H and O–H groups in total. The number of hydrogen-bond acceptors (Lipinski definition) is 7. The molecule has 1 aliphatic rings. The van der Waals surface area contributed by atoms with Crippen LogP contribution in [-0.4, -0.2) is 54.5 Å². The zero-order chi connectivity index (χ0) is 22.7. The lowest BCUT2D eigenvalue weighted by Gasteiger charge is -2.26. The van der Waals surface area contributed by atoms with Crippen LogP contribution in [0.5, 0.6) is 0 Å². The zero-order valence-corrected chi connectivity index (χ0v) is 19.4. The van der Waals surface area contributed by atoms with Crippen LogP contribution in [0.15, 0.2) is 57.2 Å². The minimum absolute atomic E-state index is 0.151. The van der Waals surface area contributed by atoms with Gasteiger partial charge in [0.2, 0.25) is 10.0 Å². The molecule has 32 heavy (non-hydrogen) atoms. The summed E-state index contributed by atoms with van der Waals surface area (Å²) >= 11 is 1.50. The minimum Gasteiger partial charge on any atom is -0.455 e. The van der Waals surface area contributed by atoms with Crippen molar-refractivity contribution < 1.29 is 22.4 Å². The van der Waals surface area contributed by atoms with Crippen LogP contribution in [0.2, 0.25) is 0 Å². The van der Waals surface area contributed by atoms with E-state index in [0.29, 0.717) is 49.1 Å². The highest BCUT2D eigenvalue weighted by atomic mass is 32.2. The van der Waals surface area contributed by atoms with E-state index in [1.54, 1.807) is 37.4 Å². The number of aryl methyl sites for hydroxylation is 2. The molecule has 1 fully saturated rings. The summed E-state index contributed by atoms with van der Waals surface area (Å²) < 4.78 is 40.3. The Morgan fingerprint density at radius 2 is 2.00 bits per heavy atom. The highest BCUT2D eigenvalue weighted by Gasteiger charge is 2.28. The third kappa shape index (κ3) is 4.90. The topological polar surface area (TPSA) is 107 Å². The molecule has 0 saturated carbocycles. The Bertz CT molecular complexity index is 1210. The van der Waals surface area contributed by atoms with Gasteiger partial charge >= 0.3 is 0 Å². The van der Waals surface area contributed by atoms with Gasteiger partial charge < -0.3 is 19.0 Å². The van der Waals surface area contributed by atoms with Crippen LogP contribution >= 0.6 is 11.8 Å². The number of anilines is 1. The van der Waals surface area contributed by atoms with Crippen molar-refractivity contribution in [3.05, 3.63) is 59.8 Å². The van der Waals surface area contributed by atoms with Crippen molar-refractivity contribution >= 4 is 33.4 Å². The number of rotatable bonds is 7. The van der Waals surface area contributed by atoms with Crippen LogP contribution in [0.25, 0.3) is 0 Å². The Morgan fingerprint density at radius 1 is 1.22 bits per heavy atom. The Morgan fingerprint density at radius 3 is 2.72 bits per heavy atom. The maximum atomic E-state index is 13.0. The first-order valence-electron chi connectivity index (χ1n) is 10.0. The van der Waals surface area contributed by atoms with Crippen molar-refractivity contribution in [2.24, 2.45) is 7.05 Å². The summed E-state index contributed by atoms with van der Waals surface area (Å²) in [5.41, 5.74) is 0.994. The smallest absolute Gasteiger partial charge is 0.291 e. The molecule has 3 aromatic rings. The summed E-state index contributed by atoms with van der Waals surface area (Å²) in [6.45, 7) is 3.09. The molecule has 0 radical (unpaired) electrons. The van der Waals surface area contributed by atoms with Crippen molar-refractivity contribution in [3.63, 3.8) is 0 Å². The molecule has 1 saturated heterocycles. The number of carbonyl (C=O) groups excluding carboxylic acids is 1. The third-order valence-corrected chi connectivity index (χ3v) is 8.16. The second kappa shape index (κ2) is 9.49. The number of amides is 1. The van der Waals surface area contributed by atoms with Gasteiger partial charge in [-0.25, -0.2) is 13.4 Å². The highest BCUT2D eigenvalue weighted by Crippen LogP contribution is 2.26. The van der Waals surface area contributed by atoms with Crippen molar-refractivity contribution in [2.45, 2.75) is 22.7 Å². The van der Waals surface area contributed by atoms with Crippen LogP contribution in [-0.2, 0) is 27.6 Å². The average molecular weight is 477 g/mol. The monoisotopic (exact) mass is 476 g/mol. The molecule has 1 aliphatic heterocycles. The number of morpholine rings is 1. The van der Waals surface area contributed by atoms with E-state index in [2.05, 4.69) is 10.3 Å². The molecular weight excluding hydrogens is 452 g/mol. The molecule has 3 heterocycles. The standard InChI is InChI=1S/C21H24N4O5S2/c1-15-3-4-16(13-19(15)32(27,28)25-9-11-29-12-10-25)23-20(26)18-6-5-17(30-18)14-31-21-22-7-8-24(21)2/h3-8,13H,9-12,14H2,1-2H3,(H,23,26). The average Bonchev–Trinajstić information content (AvgIpc) is 3.43. The lowest BCUT2D eigenvalue weighted by molar-refractivity contribution is 0.0730. The molecule has 0 spiro atoms. The number of imidazole rings is 1. The van der Waals surface area contributed by atoms with E-state index in [1.165, 1.54) is 22.1 Å². The van der Waals surface area contributed by atoms with E-state index < -0.39 is 15.9 Å². The van der Waals surface area contributed by atoms with Crippen molar-refractivity contribution in [2.75, 3.05) is 31.6 Å². The van der Waals surface area contributed by atoms with Gasteiger partial charge in [-0.05, 0) is 36.8 Å². The summed E-state index contributed by atoms with van der Waals surface area (Å²) in [5.74, 6) is 0.878. The first-order valence-corrected chi connectivity index (χ1v) is 12.5. The second-order valence-electron chi connectivity index (χ2n) is 7.33. The molecule has 1 aromatic carbocycles. The van der Waals surface area contributed by atoms with Gasteiger partial charge in [0, 0.05) is 38.2 Å². The summed E-state index contributed by atoms with van der Waals surface area (Å²) in [6.07, 6.45) is 3.58.